The van der Waals surface area contributed by atoms with Gasteiger partial charge in [0.2, 0.25) is 12.1 Å². The topological polar surface area (TPSA) is 90.8 Å². The SMILES string of the molecule is O=C1Nc2ccccc2C(c2ccccc2)=N[C@@H]1NC(=O)[C@@H](c1ccc(F)cc1)[C@@H](CO)c1ccc(F)c(F)c1. The number of aliphatic hydroxyl groups excluding tert-OH is 1. The van der Waals surface area contributed by atoms with E-state index in [-0.39, 0.29) is 5.56 Å². The number of anilines is 1. The number of para-hydroxylation sites is 1. The van der Waals surface area contributed by atoms with E-state index in [0.29, 0.717) is 22.5 Å². The van der Waals surface area contributed by atoms with Crippen molar-refractivity contribution in [3.63, 3.8) is 0 Å². The number of rotatable bonds is 7. The number of benzodiazepines with no additional fused rings is 1. The molecule has 202 valence electrons. The fraction of sp³-hybridized carbons (Fsp3) is 0.129. The van der Waals surface area contributed by atoms with Crippen LogP contribution in [0.4, 0.5) is 18.9 Å². The summed E-state index contributed by atoms with van der Waals surface area (Å²) in [5, 5.41) is 15.8. The second-order valence-corrected chi connectivity index (χ2v) is 9.28. The number of aliphatic imine (C=N–C) groups is 1. The first kappa shape index (κ1) is 26.8. The lowest BCUT2D eigenvalue weighted by molar-refractivity contribution is -0.127. The molecule has 0 saturated heterocycles. The van der Waals surface area contributed by atoms with Gasteiger partial charge in [0, 0.05) is 17.0 Å². The highest BCUT2D eigenvalue weighted by Gasteiger charge is 2.35. The number of hydrogen-bond acceptors (Lipinski definition) is 4. The summed E-state index contributed by atoms with van der Waals surface area (Å²) in [6, 6.07) is 24.4. The van der Waals surface area contributed by atoms with Crippen LogP contribution in [0, 0.1) is 17.5 Å². The van der Waals surface area contributed by atoms with Gasteiger partial charge in [0.15, 0.2) is 11.6 Å². The lowest BCUT2D eigenvalue weighted by Crippen LogP contribution is -2.45. The van der Waals surface area contributed by atoms with E-state index >= 15 is 0 Å². The van der Waals surface area contributed by atoms with E-state index in [1.165, 1.54) is 18.2 Å². The number of carbonyl (C=O) groups is 2. The van der Waals surface area contributed by atoms with Crippen molar-refractivity contribution in [2.24, 2.45) is 4.99 Å². The van der Waals surface area contributed by atoms with Gasteiger partial charge >= 0.3 is 0 Å². The number of carbonyl (C=O) groups excluding carboxylic acids is 2. The minimum absolute atomic E-state index is 0.150. The molecule has 1 aliphatic rings. The molecule has 0 unspecified atom stereocenters. The molecule has 1 heterocycles. The highest BCUT2D eigenvalue weighted by molar-refractivity contribution is 6.19. The van der Waals surface area contributed by atoms with Gasteiger partial charge in [-0.3, -0.25) is 9.59 Å². The molecule has 0 aromatic heterocycles. The number of nitrogens with one attached hydrogen (secondary N) is 2. The summed E-state index contributed by atoms with van der Waals surface area (Å²) in [7, 11) is 0. The van der Waals surface area contributed by atoms with Gasteiger partial charge in [-0.25, -0.2) is 18.2 Å². The predicted molar refractivity (Wildman–Crippen MR) is 144 cm³/mol. The number of hydrogen-bond donors (Lipinski definition) is 3. The Kier molecular flexibility index (Phi) is 7.75. The average molecular weight is 544 g/mol. The summed E-state index contributed by atoms with van der Waals surface area (Å²) in [6.07, 6.45) is -1.37. The minimum Gasteiger partial charge on any atom is -0.396 e. The van der Waals surface area contributed by atoms with Crippen molar-refractivity contribution in [1.29, 1.82) is 0 Å². The van der Waals surface area contributed by atoms with Gasteiger partial charge in [-0.15, -0.1) is 0 Å². The second-order valence-electron chi connectivity index (χ2n) is 9.28. The maximum atomic E-state index is 14.1. The van der Waals surface area contributed by atoms with E-state index in [2.05, 4.69) is 15.6 Å². The van der Waals surface area contributed by atoms with E-state index in [1.54, 1.807) is 24.3 Å². The average Bonchev–Trinajstić information content (AvgIpc) is 3.10. The molecule has 1 aliphatic heterocycles. The molecular formula is C31H24F3N3O3. The number of benzene rings is 4. The molecule has 0 bridgehead atoms. The standard InChI is InChI=1S/C31H24F3N3O3/c32-21-13-10-18(11-14-21)27(23(17-38)20-12-15-24(33)25(34)16-20)30(39)37-29-31(40)35-26-9-5-4-8-22(26)28(36-29)19-6-2-1-3-7-19/h1-16,23,27,29,38H,17H2,(H,35,40)(H,37,39)/t23-,27-,29+/m0/s1. The van der Waals surface area contributed by atoms with Crippen molar-refractivity contribution in [3.8, 4) is 0 Å². The first-order valence-corrected chi connectivity index (χ1v) is 12.5. The normalized spacial score (nSPS) is 16.1. The van der Waals surface area contributed by atoms with Crippen molar-refractivity contribution in [3.05, 3.63) is 137 Å². The smallest absolute Gasteiger partial charge is 0.269 e. The largest absolute Gasteiger partial charge is 0.396 e. The van der Waals surface area contributed by atoms with Crippen molar-refractivity contribution in [2.75, 3.05) is 11.9 Å². The van der Waals surface area contributed by atoms with Crippen LogP contribution in [-0.2, 0) is 9.59 Å². The monoisotopic (exact) mass is 543 g/mol. The molecule has 3 N–H and O–H groups in total. The molecule has 0 saturated carbocycles. The Morgan fingerprint density at radius 1 is 0.875 bits per heavy atom. The minimum atomic E-state index is -1.37. The molecule has 3 atom stereocenters. The van der Waals surface area contributed by atoms with Crippen LogP contribution in [0.15, 0.2) is 102 Å². The summed E-state index contributed by atoms with van der Waals surface area (Å²) in [5.74, 6) is -6.36. The summed E-state index contributed by atoms with van der Waals surface area (Å²) < 4.78 is 41.5. The lowest BCUT2D eigenvalue weighted by atomic mass is 9.81. The highest BCUT2D eigenvalue weighted by atomic mass is 19.2. The number of amides is 2. The number of halogens is 3. The Hall–Kier alpha value is -4.76. The van der Waals surface area contributed by atoms with Crippen LogP contribution >= 0.6 is 0 Å². The fourth-order valence-corrected chi connectivity index (χ4v) is 4.79. The van der Waals surface area contributed by atoms with Gasteiger partial charge in [0.1, 0.15) is 5.82 Å². The number of aliphatic hydroxyl groups is 1. The van der Waals surface area contributed by atoms with Gasteiger partial charge < -0.3 is 15.7 Å². The van der Waals surface area contributed by atoms with Crippen LogP contribution < -0.4 is 10.6 Å². The van der Waals surface area contributed by atoms with E-state index in [9.17, 15) is 27.9 Å². The van der Waals surface area contributed by atoms with Crippen molar-refractivity contribution >= 4 is 23.2 Å². The van der Waals surface area contributed by atoms with Gasteiger partial charge in [0.25, 0.3) is 5.91 Å². The third kappa shape index (κ3) is 5.50. The molecule has 2 amide bonds. The fourth-order valence-electron chi connectivity index (χ4n) is 4.79. The zero-order valence-electron chi connectivity index (χ0n) is 21.0. The predicted octanol–water partition coefficient (Wildman–Crippen LogP) is 4.90. The summed E-state index contributed by atoms with van der Waals surface area (Å²) in [4.78, 5) is 31.7. The number of nitrogens with zero attached hydrogens (tertiary/aromatic N) is 1. The van der Waals surface area contributed by atoms with E-state index in [4.69, 9.17) is 0 Å². The molecule has 4 aromatic rings. The van der Waals surface area contributed by atoms with Crippen LogP contribution in [0.5, 0.6) is 0 Å². The summed E-state index contributed by atoms with van der Waals surface area (Å²) in [6.45, 7) is -0.624. The Balaban J connectivity index is 1.55. The maximum absolute atomic E-state index is 14.1. The van der Waals surface area contributed by atoms with E-state index in [0.717, 1.165) is 29.8 Å². The molecule has 5 rings (SSSR count). The quantitative estimate of drug-likeness (QED) is 0.310. The van der Waals surface area contributed by atoms with Crippen LogP contribution in [0.2, 0.25) is 0 Å². The highest BCUT2D eigenvalue weighted by Crippen LogP contribution is 2.34. The molecule has 9 heteroatoms. The third-order valence-corrected chi connectivity index (χ3v) is 6.76. The molecule has 0 aliphatic carbocycles. The first-order valence-electron chi connectivity index (χ1n) is 12.5. The van der Waals surface area contributed by atoms with Gasteiger partial charge in [0.05, 0.1) is 23.9 Å². The second kappa shape index (κ2) is 11.5. The zero-order valence-corrected chi connectivity index (χ0v) is 21.0. The molecule has 4 aromatic carbocycles. The lowest BCUT2D eigenvalue weighted by Gasteiger charge is -2.27. The summed E-state index contributed by atoms with van der Waals surface area (Å²) in [5.41, 5.74) is 2.80. The molecule has 6 nitrogen and oxygen atoms in total. The van der Waals surface area contributed by atoms with Crippen molar-refractivity contribution in [2.45, 2.75) is 18.0 Å². The summed E-state index contributed by atoms with van der Waals surface area (Å²) >= 11 is 0. The van der Waals surface area contributed by atoms with Gasteiger partial charge in [-0.1, -0.05) is 66.7 Å². The molecule has 40 heavy (non-hydrogen) atoms. The van der Waals surface area contributed by atoms with Gasteiger partial charge in [-0.2, -0.15) is 0 Å². The first-order chi connectivity index (χ1) is 19.4. The van der Waals surface area contributed by atoms with Crippen LogP contribution in [0.1, 0.15) is 34.1 Å². The van der Waals surface area contributed by atoms with Crippen LogP contribution in [0.25, 0.3) is 0 Å². The van der Waals surface area contributed by atoms with E-state index < -0.39 is 53.9 Å². The van der Waals surface area contributed by atoms with Crippen molar-refractivity contribution in [1.82, 2.24) is 5.32 Å². The molecule has 0 fully saturated rings. The maximum Gasteiger partial charge on any atom is 0.269 e. The Morgan fingerprint density at radius 2 is 1.55 bits per heavy atom. The Morgan fingerprint density at radius 3 is 2.25 bits per heavy atom. The van der Waals surface area contributed by atoms with Crippen molar-refractivity contribution < 1.29 is 27.9 Å². The Bertz CT molecular complexity index is 1580. The zero-order chi connectivity index (χ0) is 28.2. The number of fused-ring (bicyclic) bond motifs is 1. The van der Waals surface area contributed by atoms with Crippen LogP contribution in [0.3, 0.4) is 0 Å². The third-order valence-electron chi connectivity index (χ3n) is 6.76. The van der Waals surface area contributed by atoms with E-state index in [1.807, 2.05) is 30.3 Å². The van der Waals surface area contributed by atoms with Crippen LogP contribution in [-0.4, -0.2) is 35.4 Å². The Labute approximate surface area is 228 Å². The molecular weight excluding hydrogens is 519 g/mol. The van der Waals surface area contributed by atoms with Gasteiger partial charge in [-0.05, 0) is 41.5 Å². The molecule has 0 spiro atoms. The molecule has 0 radical (unpaired) electrons.